The standard InChI is InChI=1S/C14H16N4O2/c15-9-12-2-1-3-13(8-12)16-14(20)10-17-4-6-18(11-19)7-5-17/h1-3,8,11H,4-7,10H2,(H,16,20). The number of anilines is 1. The fourth-order valence-electron chi connectivity index (χ4n) is 2.10. The number of carbonyl (C=O) groups excluding carboxylic acids is 2. The van der Waals surface area contributed by atoms with Crippen LogP contribution in [0.25, 0.3) is 0 Å². The summed E-state index contributed by atoms with van der Waals surface area (Å²) in [6, 6.07) is 8.85. The number of nitriles is 1. The van der Waals surface area contributed by atoms with E-state index in [-0.39, 0.29) is 5.91 Å². The molecule has 1 aromatic rings. The summed E-state index contributed by atoms with van der Waals surface area (Å²) in [6.07, 6.45) is 0.838. The molecule has 0 spiro atoms. The number of carbonyl (C=O) groups is 2. The van der Waals surface area contributed by atoms with Gasteiger partial charge in [-0.1, -0.05) is 6.07 Å². The normalized spacial score (nSPS) is 15.4. The van der Waals surface area contributed by atoms with Gasteiger partial charge in [-0.25, -0.2) is 0 Å². The topological polar surface area (TPSA) is 76.4 Å². The van der Waals surface area contributed by atoms with E-state index in [0.29, 0.717) is 44.0 Å². The molecule has 6 nitrogen and oxygen atoms in total. The molecule has 20 heavy (non-hydrogen) atoms. The van der Waals surface area contributed by atoms with Gasteiger partial charge in [0.15, 0.2) is 0 Å². The van der Waals surface area contributed by atoms with Crippen molar-refractivity contribution in [2.45, 2.75) is 0 Å². The number of rotatable bonds is 4. The first-order valence-electron chi connectivity index (χ1n) is 6.43. The highest BCUT2D eigenvalue weighted by Crippen LogP contribution is 2.10. The maximum atomic E-state index is 11.9. The predicted octanol–water partition coefficient (Wildman–Crippen LogP) is 0.271. The predicted molar refractivity (Wildman–Crippen MR) is 73.9 cm³/mol. The van der Waals surface area contributed by atoms with E-state index in [4.69, 9.17) is 5.26 Å². The fraction of sp³-hybridized carbons (Fsp3) is 0.357. The molecular weight excluding hydrogens is 256 g/mol. The van der Waals surface area contributed by atoms with Crippen molar-refractivity contribution in [1.82, 2.24) is 9.80 Å². The van der Waals surface area contributed by atoms with E-state index in [1.807, 2.05) is 11.0 Å². The third-order valence-corrected chi connectivity index (χ3v) is 3.20. The molecule has 0 unspecified atom stereocenters. The van der Waals surface area contributed by atoms with Gasteiger partial charge in [0.2, 0.25) is 12.3 Å². The molecule has 0 atom stereocenters. The van der Waals surface area contributed by atoms with Gasteiger partial charge in [0.1, 0.15) is 0 Å². The number of hydrogen-bond donors (Lipinski definition) is 1. The average molecular weight is 272 g/mol. The fourth-order valence-corrected chi connectivity index (χ4v) is 2.10. The third kappa shape index (κ3) is 3.80. The van der Waals surface area contributed by atoms with E-state index >= 15 is 0 Å². The van der Waals surface area contributed by atoms with Crippen LogP contribution >= 0.6 is 0 Å². The third-order valence-electron chi connectivity index (χ3n) is 3.20. The first kappa shape index (κ1) is 14.0. The molecule has 104 valence electrons. The van der Waals surface area contributed by atoms with E-state index < -0.39 is 0 Å². The first-order valence-corrected chi connectivity index (χ1v) is 6.43. The monoisotopic (exact) mass is 272 g/mol. The van der Waals surface area contributed by atoms with Crippen LogP contribution in [0.1, 0.15) is 5.56 Å². The molecule has 1 aliphatic heterocycles. The second-order valence-electron chi connectivity index (χ2n) is 4.66. The maximum Gasteiger partial charge on any atom is 0.238 e. The van der Waals surface area contributed by atoms with Gasteiger partial charge in [0.25, 0.3) is 0 Å². The largest absolute Gasteiger partial charge is 0.343 e. The molecule has 2 amide bonds. The Kier molecular flexibility index (Phi) is 4.69. The quantitative estimate of drug-likeness (QED) is 0.798. The van der Waals surface area contributed by atoms with Crippen molar-refractivity contribution in [2.24, 2.45) is 0 Å². The highest BCUT2D eigenvalue weighted by molar-refractivity contribution is 5.92. The molecule has 6 heteroatoms. The summed E-state index contributed by atoms with van der Waals surface area (Å²) in [7, 11) is 0. The molecule has 2 rings (SSSR count). The van der Waals surface area contributed by atoms with E-state index in [1.165, 1.54) is 0 Å². The van der Waals surface area contributed by atoms with Crippen molar-refractivity contribution < 1.29 is 9.59 Å². The van der Waals surface area contributed by atoms with Gasteiger partial charge < -0.3 is 10.2 Å². The number of nitrogens with zero attached hydrogens (tertiary/aromatic N) is 3. The zero-order valence-electron chi connectivity index (χ0n) is 11.1. The van der Waals surface area contributed by atoms with Crippen LogP contribution in [-0.2, 0) is 9.59 Å². The zero-order chi connectivity index (χ0) is 14.4. The van der Waals surface area contributed by atoms with Crippen molar-refractivity contribution >= 4 is 18.0 Å². The Morgan fingerprint density at radius 3 is 2.75 bits per heavy atom. The van der Waals surface area contributed by atoms with Gasteiger partial charge in [-0.2, -0.15) is 5.26 Å². The van der Waals surface area contributed by atoms with Gasteiger partial charge >= 0.3 is 0 Å². The average Bonchev–Trinajstić information content (AvgIpc) is 2.48. The molecular formula is C14H16N4O2. The minimum atomic E-state index is -0.111. The van der Waals surface area contributed by atoms with Crippen LogP contribution in [0.4, 0.5) is 5.69 Å². The molecule has 1 saturated heterocycles. The summed E-state index contributed by atoms with van der Waals surface area (Å²) in [5.41, 5.74) is 1.14. The van der Waals surface area contributed by atoms with Crippen molar-refractivity contribution in [3.63, 3.8) is 0 Å². The van der Waals surface area contributed by atoms with E-state index in [1.54, 1.807) is 29.2 Å². The molecule has 1 aliphatic rings. The van der Waals surface area contributed by atoms with Gasteiger partial charge in [-0.15, -0.1) is 0 Å². The van der Waals surface area contributed by atoms with E-state index in [0.717, 1.165) is 6.41 Å². The molecule has 0 bridgehead atoms. The van der Waals surface area contributed by atoms with Crippen LogP contribution < -0.4 is 5.32 Å². The lowest BCUT2D eigenvalue weighted by Crippen LogP contribution is -2.48. The summed E-state index contributed by atoms with van der Waals surface area (Å²) in [6.45, 7) is 3.00. The molecule has 1 fully saturated rings. The Hall–Kier alpha value is -2.39. The SMILES string of the molecule is N#Cc1cccc(NC(=O)CN2CCN(C=O)CC2)c1. The van der Waals surface area contributed by atoms with Gasteiger partial charge in [-0.3, -0.25) is 14.5 Å². The van der Waals surface area contributed by atoms with Crippen LogP contribution in [0.15, 0.2) is 24.3 Å². The van der Waals surface area contributed by atoms with Crippen molar-refractivity contribution in [1.29, 1.82) is 5.26 Å². The minimum Gasteiger partial charge on any atom is -0.343 e. The highest BCUT2D eigenvalue weighted by Gasteiger charge is 2.17. The number of amides is 2. The summed E-state index contributed by atoms with van der Waals surface area (Å²) < 4.78 is 0. The lowest BCUT2D eigenvalue weighted by molar-refractivity contribution is -0.120. The highest BCUT2D eigenvalue weighted by atomic mass is 16.2. The lowest BCUT2D eigenvalue weighted by Gasteiger charge is -2.31. The summed E-state index contributed by atoms with van der Waals surface area (Å²) in [5.74, 6) is -0.111. The van der Waals surface area contributed by atoms with Crippen molar-refractivity contribution in [3.05, 3.63) is 29.8 Å². The smallest absolute Gasteiger partial charge is 0.238 e. The zero-order valence-corrected chi connectivity index (χ0v) is 11.1. The maximum absolute atomic E-state index is 11.9. The van der Waals surface area contributed by atoms with Crippen LogP contribution in [0.5, 0.6) is 0 Å². The first-order chi connectivity index (χ1) is 9.71. The Labute approximate surface area is 117 Å². The van der Waals surface area contributed by atoms with Crippen molar-refractivity contribution in [3.8, 4) is 6.07 Å². The Balaban J connectivity index is 1.84. The molecule has 1 heterocycles. The number of piperazine rings is 1. The molecule has 0 radical (unpaired) electrons. The van der Waals surface area contributed by atoms with Crippen LogP contribution in [0, 0.1) is 11.3 Å². The molecule has 0 aliphatic carbocycles. The number of benzene rings is 1. The second kappa shape index (κ2) is 6.68. The van der Waals surface area contributed by atoms with E-state index in [9.17, 15) is 9.59 Å². The van der Waals surface area contributed by atoms with Crippen LogP contribution in [0.3, 0.4) is 0 Å². The molecule has 1 N–H and O–H groups in total. The summed E-state index contributed by atoms with van der Waals surface area (Å²) in [4.78, 5) is 26.2. The molecule has 1 aromatic carbocycles. The minimum absolute atomic E-state index is 0.111. The van der Waals surface area contributed by atoms with E-state index in [2.05, 4.69) is 5.32 Å². The van der Waals surface area contributed by atoms with Crippen molar-refractivity contribution in [2.75, 3.05) is 38.0 Å². The second-order valence-corrected chi connectivity index (χ2v) is 4.66. The van der Waals surface area contributed by atoms with Crippen LogP contribution in [0.2, 0.25) is 0 Å². The molecule has 0 saturated carbocycles. The summed E-state index contributed by atoms with van der Waals surface area (Å²) >= 11 is 0. The number of hydrogen-bond acceptors (Lipinski definition) is 4. The molecule has 0 aromatic heterocycles. The lowest BCUT2D eigenvalue weighted by atomic mass is 10.2. The summed E-state index contributed by atoms with van der Waals surface area (Å²) in [5, 5.41) is 11.6. The Bertz CT molecular complexity index is 530. The Morgan fingerprint density at radius 2 is 2.10 bits per heavy atom. The van der Waals surface area contributed by atoms with Gasteiger partial charge in [-0.05, 0) is 18.2 Å². The Morgan fingerprint density at radius 1 is 1.35 bits per heavy atom. The van der Waals surface area contributed by atoms with Crippen LogP contribution in [-0.4, -0.2) is 54.8 Å². The number of nitrogens with one attached hydrogen (secondary N) is 1. The van der Waals surface area contributed by atoms with Gasteiger partial charge in [0.05, 0.1) is 18.2 Å². The van der Waals surface area contributed by atoms with Gasteiger partial charge in [0, 0.05) is 31.9 Å².